The molecular formula is C14H10Cl2N3S2+. The van der Waals surface area contributed by atoms with Gasteiger partial charge in [-0.25, -0.2) is 4.99 Å². The van der Waals surface area contributed by atoms with Gasteiger partial charge in [0.1, 0.15) is 6.98 Å². The Labute approximate surface area is 145 Å². The lowest BCUT2D eigenvalue weighted by molar-refractivity contribution is -0.458. The number of halogens is 2. The van der Waals surface area contributed by atoms with E-state index in [0.717, 1.165) is 5.56 Å². The summed E-state index contributed by atoms with van der Waals surface area (Å²) < 4.78 is 25.1. The lowest BCUT2D eigenvalue weighted by atomic mass is 10.2. The van der Waals surface area contributed by atoms with Gasteiger partial charge >= 0.3 is 5.70 Å². The smallest absolute Gasteiger partial charge is 0.222 e. The van der Waals surface area contributed by atoms with Crippen molar-refractivity contribution in [2.24, 2.45) is 4.99 Å². The van der Waals surface area contributed by atoms with Crippen molar-refractivity contribution in [2.45, 2.75) is 5.25 Å². The second kappa shape index (κ2) is 6.45. The van der Waals surface area contributed by atoms with Gasteiger partial charge in [-0.15, -0.1) is 23.5 Å². The van der Waals surface area contributed by atoms with Crippen LogP contribution in [0.25, 0.3) is 0 Å². The first-order valence-corrected chi connectivity index (χ1v) is 8.53. The zero-order valence-corrected chi connectivity index (χ0v) is 13.7. The topological polar surface area (TPSA) is 39.2 Å². The van der Waals surface area contributed by atoms with Crippen molar-refractivity contribution in [3.8, 4) is 6.07 Å². The second-order valence-corrected chi connectivity index (χ2v) is 7.51. The molecule has 2 aliphatic rings. The van der Waals surface area contributed by atoms with E-state index < -0.39 is 6.64 Å². The Balaban J connectivity index is 1.94. The molecule has 1 aromatic rings. The van der Waals surface area contributed by atoms with E-state index in [1.807, 2.05) is 6.07 Å². The number of hydrogen-bond donors (Lipinski definition) is 0. The Bertz CT molecular complexity index is 848. The molecule has 2 aliphatic heterocycles. The van der Waals surface area contributed by atoms with E-state index in [4.69, 9.17) is 27.3 Å². The first kappa shape index (κ1) is 11.6. The quantitative estimate of drug-likeness (QED) is 0.583. The minimum absolute atomic E-state index is 0.0514. The summed E-state index contributed by atoms with van der Waals surface area (Å²) in [4.78, 5) is 3.70. The molecule has 1 saturated heterocycles. The van der Waals surface area contributed by atoms with Gasteiger partial charge in [0.15, 0.2) is 12.3 Å². The molecule has 3 nitrogen and oxygen atoms in total. The van der Waals surface area contributed by atoms with Gasteiger partial charge < -0.3 is 0 Å². The number of rotatable bonds is 2. The maximum Gasteiger partial charge on any atom is 0.305 e. The summed E-state index contributed by atoms with van der Waals surface area (Å²) >= 11 is 15.1. The third-order valence-electron chi connectivity index (χ3n) is 2.87. The van der Waals surface area contributed by atoms with E-state index >= 15 is 0 Å². The van der Waals surface area contributed by atoms with Crippen molar-refractivity contribution in [1.82, 2.24) is 0 Å². The molecule has 0 bridgehead atoms. The van der Waals surface area contributed by atoms with Gasteiger partial charge in [0.25, 0.3) is 0 Å². The van der Waals surface area contributed by atoms with Crippen LogP contribution in [0.1, 0.15) is 14.9 Å². The van der Waals surface area contributed by atoms with Gasteiger partial charge in [0.2, 0.25) is 6.64 Å². The van der Waals surface area contributed by atoms with Gasteiger partial charge in [0, 0.05) is 21.0 Å². The van der Waals surface area contributed by atoms with Crippen LogP contribution < -0.4 is 0 Å². The van der Waals surface area contributed by atoms with E-state index in [1.165, 1.54) is 28.1 Å². The summed E-state index contributed by atoms with van der Waals surface area (Å²) in [6.45, 7) is -1.16. The fraction of sp³-hybridized carbons (Fsp3) is 0.214. The Hall–Kier alpha value is -0.930. The van der Waals surface area contributed by atoms with Crippen molar-refractivity contribution in [3.05, 3.63) is 43.7 Å². The van der Waals surface area contributed by atoms with Crippen molar-refractivity contribution >= 4 is 59.1 Å². The molecule has 1 unspecified atom stereocenters. The molecule has 0 aromatic heterocycles. The molecular weight excluding hydrogens is 345 g/mol. The number of benzene rings is 1. The number of hydrogen-bond acceptors (Lipinski definition) is 4. The molecule has 0 aliphatic carbocycles. The maximum absolute atomic E-state index is 9.50. The maximum atomic E-state index is 9.50. The summed E-state index contributed by atoms with van der Waals surface area (Å²) in [6.07, 6.45) is -0.512. The number of nitrogens with zero attached hydrogens (tertiary/aromatic N) is 3. The molecule has 0 amide bonds. The average Bonchev–Trinajstić information content (AvgIpc) is 3.09. The van der Waals surface area contributed by atoms with Crippen molar-refractivity contribution in [2.75, 3.05) is 12.4 Å². The van der Waals surface area contributed by atoms with E-state index in [1.54, 1.807) is 12.1 Å². The fourth-order valence-corrected chi connectivity index (χ4v) is 5.41. The van der Waals surface area contributed by atoms with E-state index in [-0.39, 0.29) is 23.3 Å². The minimum atomic E-state index is -1.16. The highest BCUT2D eigenvalue weighted by Crippen LogP contribution is 2.52. The summed E-state index contributed by atoms with van der Waals surface area (Å²) in [5.41, 5.74) is 1.12. The molecule has 1 aromatic carbocycles. The molecule has 0 radical (unpaired) electrons. The third-order valence-corrected chi connectivity index (χ3v) is 6.36. The molecule has 2 heterocycles. The van der Waals surface area contributed by atoms with Crippen LogP contribution in [0.5, 0.6) is 0 Å². The lowest BCUT2D eigenvalue weighted by Crippen LogP contribution is -2.08. The Morgan fingerprint density at radius 1 is 1.57 bits per heavy atom. The molecule has 21 heavy (non-hydrogen) atoms. The Morgan fingerprint density at radius 3 is 3.10 bits per heavy atom. The van der Waals surface area contributed by atoms with Gasteiger partial charge in [0.05, 0.1) is 7.56 Å². The SMILES string of the molecule is [2H]C1=NC([2H])[N+](/C(C#N)=C2\SC[C@@H](c3ccc(Cl)cc3Cl)S2)=C1[2H]. The van der Waals surface area contributed by atoms with Crippen LogP contribution in [0.3, 0.4) is 0 Å². The second-order valence-electron chi connectivity index (χ2n) is 4.17. The molecule has 0 saturated carbocycles. The van der Waals surface area contributed by atoms with Crippen LogP contribution in [0.2, 0.25) is 10.0 Å². The van der Waals surface area contributed by atoms with E-state index in [9.17, 15) is 5.26 Å². The third kappa shape index (κ3) is 3.14. The number of thioether (sulfide) groups is 2. The van der Waals surface area contributed by atoms with E-state index in [0.29, 0.717) is 20.0 Å². The van der Waals surface area contributed by atoms with Crippen LogP contribution >= 0.6 is 46.7 Å². The Morgan fingerprint density at radius 2 is 2.43 bits per heavy atom. The zero-order chi connectivity index (χ0) is 17.4. The van der Waals surface area contributed by atoms with Crippen LogP contribution in [-0.2, 0) is 0 Å². The zero-order valence-electron chi connectivity index (χ0n) is 13.5. The summed E-state index contributed by atoms with van der Waals surface area (Å²) in [5, 5.41) is 10.7. The van der Waals surface area contributed by atoms with Crippen LogP contribution in [-0.4, -0.2) is 29.4 Å². The van der Waals surface area contributed by atoms with Crippen LogP contribution in [0, 0.1) is 11.3 Å². The standard InChI is InChI=1S/C14H10Cl2N3S2/c15-9-1-2-10(11(16)5-9)13-7-20-14(21-13)12(6-17)19-4-3-18-8-19/h1-5,13H,7-8H2/q+1/b14-12+/t13-/m0/s1/i3D,4D,8D/t8?,13-. The molecule has 0 N–H and O–H groups in total. The Kier molecular flexibility index (Phi) is 3.57. The lowest BCUT2D eigenvalue weighted by Gasteiger charge is -2.09. The molecule has 2 atom stereocenters. The fourth-order valence-electron chi connectivity index (χ4n) is 1.90. The predicted molar refractivity (Wildman–Crippen MR) is 91.6 cm³/mol. The summed E-state index contributed by atoms with van der Waals surface area (Å²) in [5.74, 6) is 0.713. The predicted octanol–water partition coefficient (Wildman–Crippen LogP) is 4.33. The molecule has 0 spiro atoms. The molecule has 3 rings (SSSR count). The van der Waals surface area contributed by atoms with Crippen LogP contribution in [0.15, 0.2) is 33.1 Å². The van der Waals surface area contributed by atoms with Gasteiger partial charge in [-0.2, -0.15) is 9.84 Å². The van der Waals surface area contributed by atoms with Crippen LogP contribution in [0.4, 0.5) is 0 Å². The highest BCUT2D eigenvalue weighted by atomic mass is 35.5. The largest absolute Gasteiger partial charge is 0.305 e. The van der Waals surface area contributed by atoms with Gasteiger partial charge in [-0.05, 0) is 17.7 Å². The van der Waals surface area contributed by atoms with Crippen molar-refractivity contribution < 1.29 is 8.69 Å². The normalized spacial score (nSPS) is 29.6. The molecule has 7 heteroatoms. The monoisotopic (exact) mass is 357 g/mol. The molecule has 1 fully saturated rings. The number of allylic oxidation sites excluding steroid dienone is 1. The highest BCUT2D eigenvalue weighted by Gasteiger charge is 2.31. The molecule has 106 valence electrons. The first-order chi connectivity index (χ1) is 11.4. The van der Waals surface area contributed by atoms with Crippen molar-refractivity contribution in [3.63, 3.8) is 0 Å². The average molecular weight is 358 g/mol. The van der Waals surface area contributed by atoms with Gasteiger partial charge in [-0.1, -0.05) is 29.3 Å². The van der Waals surface area contributed by atoms with Crippen molar-refractivity contribution in [1.29, 1.82) is 5.26 Å². The first-order valence-electron chi connectivity index (χ1n) is 7.48. The summed E-state index contributed by atoms with van der Waals surface area (Å²) in [6, 6.07) is 7.39. The summed E-state index contributed by atoms with van der Waals surface area (Å²) in [7, 11) is 0. The number of nitriles is 1. The number of aliphatic imine (C=N–C) groups is 1. The van der Waals surface area contributed by atoms with E-state index in [2.05, 4.69) is 11.1 Å². The minimum Gasteiger partial charge on any atom is -0.222 e. The highest BCUT2D eigenvalue weighted by molar-refractivity contribution is 8.25. The van der Waals surface area contributed by atoms with Gasteiger partial charge in [-0.3, -0.25) is 0 Å².